The molecule has 5 N–H and O–H groups in total. The first-order valence-electron chi connectivity index (χ1n) is 8.04. The summed E-state index contributed by atoms with van der Waals surface area (Å²) in [7, 11) is -18.2. The molecule has 1 aliphatic heterocycles. The van der Waals surface area contributed by atoms with Crippen molar-refractivity contribution in [3.05, 3.63) is 16.8 Å². The van der Waals surface area contributed by atoms with Crippen molar-refractivity contribution in [1.82, 2.24) is 19.5 Å². The third kappa shape index (κ3) is 9.78. The van der Waals surface area contributed by atoms with Gasteiger partial charge in [0, 0.05) is 0 Å². The molecule has 6 unspecified atom stereocenters. The van der Waals surface area contributed by atoms with Crippen molar-refractivity contribution in [3.8, 4) is 0 Å². The molecule has 0 aromatic carbocycles. The number of phosphoric acid groups is 3. The fourth-order valence-electron chi connectivity index (χ4n) is 2.68. The molecule has 0 amide bonds. The van der Waals surface area contributed by atoms with E-state index in [9.17, 15) is 48.3 Å². The number of anilines is 1. The van der Waals surface area contributed by atoms with Gasteiger partial charge in [0.05, 0.1) is 20.8 Å². The quantitative estimate of drug-likeness (QED) is 0.176. The molecule has 2 aromatic heterocycles. The van der Waals surface area contributed by atoms with Crippen molar-refractivity contribution in [1.29, 1.82) is 0 Å². The number of hydrogen-bond donors (Lipinski definition) is 4. The summed E-state index contributed by atoms with van der Waals surface area (Å²) in [6, 6.07) is 0. The van der Waals surface area contributed by atoms with Crippen LogP contribution in [0.15, 0.2) is 11.1 Å². The molecule has 19 nitrogen and oxygen atoms in total. The van der Waals surface area contributed by atoms with E-state index in [1.165, 1.54) is 0 Å². The molecule has 0 saturated carbocycles. The molecular formula is C10H12Li4N5O14P3. The minimum Gasteiger partial charge on any atom is -0.790 e. The standard InChI is InChI=1S/C10H16N5O14P3.4Li/c11-7-4-8(14-10(18)13-7)15(2-12-4)9-6(17)5(16)3(27-9)1-26-31(22,23)29-32(24,25)28-30(19,20)21;;;;/h2-3,5-6,9,16-17H,1H2,(H,22,23)(H,24,25)(H2,19,20,21)(H3,11,13,14,18);;;;/q;4*+1/p-4. The van der Waals surface area contributed by atoms with Crippen LogP contribution in [-0.4, -0.2) is 54.7 Å². The summed E-state index contributed by atoms with van der Waals surface area (Å²) >= 11 is 0. The van der Waals surface area contributed by atoms with E-state index >= 15 is 0 Å². The molecule has 0 bridgehead atoms. The molecule has 3 rings (SSSR count). The Balaban J connectivity index is 0. The van der Waals surface area contributed by atoms with Gasteiger partial charge >= 0.3 is 81.1 Å². The van der Waals surface area contributed by atoms with Gasteiger partial charge in [-0.05, 0) is 0 Å². The summed E-state index contributed by atoms with van der Waals surface area (Å²) in [5.74, 6) is -0.152. The van der Waals surface area contributed by atoms with E-state index < -0.39 is 60.3 Å². The zero-order valence-electron chi connectivity index (χ0n) is 19.1. The number of nitrogens with one attached hydrogen (secondary N) is 1. The second kappa shape index (κ2) is 14.5. The number of imidazole rings is 1. The van der Waals surface area contributed by atoms with E-state index in [2.05, 4.69) is 28.1 Å². The average molecular weight is 547 g/mol. The molecular weight excluding hydrogens is 535 g/mol. The number of nitrogens with two attached hydrogens (primary N) is 1. The number of fused-ring (bicyclic) bond motifs is 1. The number of hydrogen-bond acceptors (Lipinski definition) is 17. The molecule has 26 heteroatoms. The van der Waals surface area contributed by atoms with Gasteiger partial charge in [-0.25, -0.2) is 14.1 Å². The fraction of sp³-hybridized carbons (Fsp3) is 0.500. The Bertz CT molecular complexity index is 1230. The van der Waals surface area contributed by atoms with Gasteiger partial charge in [-0.2, -0.15) is 4.98 Å². The number of aromatic amines is 1. The SMILES string of the molecule is Nc1[nH]c(=O)nc2c1ncn2C1OC(COP(=O)([O-])OP(=O)([O-])OP(=O)([O-])[O-])C(O)C1O.[Li+].[Li+].[Li+].[Li+]. The van der Waals surface area contributed by atoms with Crippen LogP contribution >= 0.6 is 23.5 Å². The van der Waals surface area contributed by atoms with E-state index in [-0.39, 0.29) is 92.4 Å². The number of aliphatic hydroxyl groups excluding tert-OH is 2. The van der Waals surface area contributed by atoms with Crippen LogP contribution in [-0.2, 0) is 31.6 Å². The van der Waals surface area contributed by atoms with E-state index in [4.69, 9.17) is 10.5 Å². The summed E-state index contributed by atoms with van der Waals surface area (Å²) in [6.45, 7) is -1.13. The normalized spacial score (nSPS) is 24.8. The van der Waals surface area contributed by atoms with Crippen LogP contribution in [0.1, 0.15) is 6.23 Å². The van der Waals surface area contributed by atoms with E-state index in [0.29, 0.717) is 0 Å². The number of ether oxygens (including phenoxy) is 1. The first kappa shape index (κ1) is 39.0. The summed E-state index contributed by atoms with van der Waals surface area (Å²) < 4.78 is 50.0. The second-order valence-corrected chi connectivity index (χ2v) is 10.4. The number of rotatable bonds is 8. The largest absolute Gasteiger partial charge is 1.00 e. The summed E-state index contributed by atoms with van der Waals surface area (Å²) in [4.78, 5) is 64.6. The van der Waals surface area contributed by atoms with Crippen LogP contribution in [0.2, 0.25) is 0 Å². The van der Waals surface area contributed by atoms with Gasteiger partial charge in [0.25, 0.3) is 15.6 Å². The molecule has 2 aromatic rings. The molecule has 0 aliphatic carbocycles. The molecule has 180 valence electrons. The number of H-pyrrole nitrogens is 1. The maximum absolute atomic E-state index is 11.6. The number of nitrogen functional groups attached to an aromatic ring is 1. The average Bonchev–Trinajstić information content (AvgIpc) is 3.12. The van der Waals surface area contributed by atoms with Crippen LogP contribution < -0.4 is 106 Å². The smallest absolute Gasteiger partial charge is 0.790 e. The molecule has 1 saturated heterocycles. The van der Waals surface area contributed by atoms with Gasteiger partial charge in [0.1, 0.15) is 29.6 Å². The van der Waals surface area contributed by atoms with Crippen molar-refractivity contribution in [2.75, 3.05) is 12.3 Å². The Morgan fingerprint density at radius 1 is 1.06 bits per heavy atom. The van der Waals surface area contributed by atoms with Crippen LogP contribution in [0.3, 0.4) is 0 Å². The first-order chi connectivity index (χ1) is 14.6. The molecule has 0 spiro atoms. The molecule has 1 aliphatic rings. The Morgan fingerprint density at radius 3 is 2.19 bits per heavy atom. The Morgan fingerprint density at radius 2 is 1.64 bits per heavy atom. The zero-order chi connectivity index (χ0) is 24.1. The van der Waals surface area contributed by atoms with Gasteiger partial charge < -0.3 is 49.3 Å². The summed E-state index contributed by atoms with van der Waals surface area (Å²) in [5.41, 5.74) is 4.61. The van der Waals surface area contributed by atoms with Crippen LogP contribution in [0.5, 0.6) is 0 Å². The number of aromatic nitrogens is 4. The van der Waals surface area contributed by atoms with Crippen molar-refractivity contribution in [2.45, 2.75) is 24.5 Å². The third-order valence-corrected chi connectivity index (χ3v) is 7.55. The van der Waals surface area contributed by atoms with Gasteiger partial charge in [-0.15, -0.1) is 0 Å². The van der Waals surface area contributed by atoms with E-state index in [0.717, 1.165) is 10.9 Å². The Labute approximate surface area is 249 Å². The summed E-state index contributed by atoms with van der Waals surface area (Å²) in [6.07, 6.45) is -5.58. The molecule has 0 radical (unpaired) electrons. The summed E-state index contributed by atoms with van der Waals surface area (Å²) in [5, 5.41) is 20.3. The Kier molecular flexibility index (Phi) is 15.7. The predicted octanol–water partition coefficient (Wildman–Crippen LogP) is -16.8. The number of phosphoric ester groups is 1. The van der Waals surface area contributed by atoms with Gasteiger partial charge in [-0.3, -0.25) is 23.0 Å². The van der Waals surface area contributed by atoms with Gasteiger partial charge in [0.2, 0.25) is 0 Å². The minimum absolute atomic E-state index is 0. The maximum atomic E-state index is 11.6. The van der Waals surface area contributed by atoms with Crippen LogP contribution in [0.25, 0.3) is 11.2 Å². The second-order valence-electron chi connectivity index (χ2n) is 6.13. The van der Waals surface area contributed by atoms with Crippen molar-refractivity contribution < 1.29 is 137 Å². The topological polar surface area (TPSA) is 310 Å². The molecule has 36 heavy (non-hydrogen) atoms. The maximum Gasteiger partial charge on any atom is 1.00 e. The van der Waals surface area contributed by atoms with E-state index in [1.54, 1.807) is 0 Å². The number of nitrogens with zero attached hydrogens (tertiary/aromatic N) is 3. The zero-order valence-corrected chi connectivity index (χ0v) is 21.8. The van der Waals surface area contributed by atoms with Crippen LogP contribution in [0, 0.1) is 0 Å². The Hall–Kier alpha value is 0.830. The van der Waals surface area contributed by atoms with Gasteiger partial charge in [0.15, 0.2) is 11.9 Å². The van der Waals surface area contributed by atoms with Crippen LogP contribution in [0.4, 0.5) is 5.82 Å². The first-order valence-corrected chi connectivity index (χ1v) is 12.4. The molecule has 1 fully saturated rings. The minimum atomic E-state index is -6.17. The molecule has 3 heterocycles. The van der Waals surface area contributed by atoms with E-state index in [1.807, 2.05) is 0 Å². The third-order valence-electron chi connectivity index (χ3n) is 3.88. The number of aliphatic hydroxyl groups is 2. The predicted molar refractivity (Wildman–Crippen MR) is 89.4 cm³/mol. The van der Waals surface area contributed by atoms with Crippen molar-refractivity contribution in [3.63, 3.8) is 0 Å². The fourth-order valence-corrected chi connectivity index (χ4v) is 5.55. The van der Waals surface area contributed by atoms with Crippen molar-refractivity contribution in [2.24, 2.45) is 0 Å². The monoisotopic (exact) mass is 547 g/mol. The molecule has 6 atom stereocenters. The van der Waals surface area contributed by atoms with Gasteiger partial charge in [-0.1, -0.05) is 0 Å². The van der Waals surface area contributed by atoms with Crippen molar-refractivity contribution >= 4 is 40.4 Å².